The highest BCUT2D eigenvalue weighted by atomic mass is 28.4. The van der Waals surface area contributed by atoms with Crippen molar-refractivity contribution in [3.8, 4) is 5.75 Å². The van der Waals surface area contributed by atoms with Gasteiger partial charge < -0.3 is 8.85 Å². The van der Waals surface area contributed by atoms with Crippen molar-refractivity contribution in [2.75, 3.05) is 6.61 Å². The number of rotatable bonds is 20. The van der Waals surface area contributed by atoms with Gasteiger partial charge in [-0.2, -0.15) is 0 Å². The third-order valence-electron chi connectivity index (χ3n) is 6.54. The molecule has 2 nitrogen and oxygen atoms in total. The van der Waals surface area contributed by atoms with Crippen molar-refractivity contribution in [2.45, 2.75) is 136 Å². The second-order valence-corrected chi connectivity index (χ2v) is 13.3. The standard InChI is InChI=1S/C28H52O2Si/c1-6-9-10-11-12-13-14-15-16-17-18-19-20-25-29-31(7-2,8-3)30-28-23-21-27(22-24-28)26(4)5/h21-24,26H,6-20,25H2,1-5H3. The van der Waals surface area contributed by atoms with E-state index < -0.39 is 8.56 Å². The molecule has 31 heavy (non-hydrogen) atoms. The SMILES string of the molecule is CCCCCCCCCCCCCCCO[Si](CC)(CC)Oc1ccc(C(C)C)cc1. The largest absolute Gasteiger partial charge is 0.520 e. The minimum absolute atomic E-state index is 0.556. The predicted molar refractivity (Wildman–Crippen MR) is 140 cm³/mol. The molecular formula is C28H52O2Si. The van der Waals surface area contributed by atoms with Crippen LogP contribution in [0.2, 0.25) is 12.1 Å². The smallest absolute Gasteiger partial charge is 0.398 e. The Morgan fingerprint density at radius 2 is 1.10 bits per heavy atom. The van der Waals surface area contributed by atoms with Crippen molar-refractivity contribution in [1.82, 2.24) is 0 Å². The second kappa shape index (κ2) is 17.7. The number of benzene rings is 1. The first-order chi connectivity index (χ1) is 15.1. The van der Waals surface area contributed by atoms with Crippen LogP contribution >= 0.6 is 0 Å². The number of hydrogen-bond donors (Lipinski definition) is 0. The quantitative estimate of drug-likeness (QED) is 0.146. The van der Waals surface area contributed by atoms with Crippen molar-refractivity contribution >= 4 is 8.56 Å². The lowest BCUT2D eigenvalue weighted by molar-refractivity contribution is 0.230. The summed E-state index contributed by atoms with van der Waals surface area (Å²) >= 11 is 0. The van der Waals surface area contributed by atoms with Gasteiger partial charge >= 0.3 is 8.56 Å². The van der Waals surface area contributed by atoms with E-state index in [9.17, 15) is 0 Å². The van der Waals surface area contributed by atoms with E-state index >= 15 is 0 Å². The molecule has 1 aromatic rings. The Morgan fingerprint density at radius 1 is 0.645 bits per heavy atom. The molecule has 0 unspecified atom stereocenters. The maximum atomic E-state index is 6.47. The van der Waals surface area contributed by atoms with E-state index in [4.69, 9.17) is 8.85 Å². The van der Waals surface area contributed by atoms with Gasteiger partial charge in [0.2, 0.25) is 0 Å². The van der Waals surface area contributed by atoms with Crippen LogP contribution in [-0.2, 0) is 4.43 Å². The third kappa shape index (κ3) is 12.7. The van der Waals surface area contributed by atoms with Crippen LogP contribution < -0.4 is 4.43 Å². The van der Waals surface area contributed by atoms with E-state index in [1.807, 2.05) is 0 Å². The molecule has 0 aliphatic heterocycles. The molecule has 0 saturated carbocycles. The van der Waals surface area contributed by atoms with Crippen molar-refractivity contribution in [3.63, 3.8) is 0 Å². The van der Waals surface area contributed by atoms with Gasteiger partial charge in [0.15, 0.2) is 0 Å². The second-order valence-electron chi connectivity index (χ2n) is 9.53. The monoisotopic (exact) mass is 448 g/mol. The number of unbranched alkanes of at least 4 members (excludes halogenated alkanes) is 12. The lowest BCUT2D eigenvalue weighted by Crippen LogP contribution is -2.44. The van der Waals surface area contributed by atoms with Crippen molar-refractivity contribution in [3.05, 3.63) is 29.8 Å². The average Bonchev–Trinajstić information content (AvgIpc) is 2.78. The summed E-state index contributed by atoms with van der Waals surface area (Å²) < 4.78 is 12.9. The molecule has 0 amide bonds. The first-order valence-corrected chi connectivity index (χ1v) is 15.7. The molecule has 0 saturated heterocycles. The Bertz CT molecular complexity index is 522. The zero-order valence-corrected chi connectivity index (χ0v) is 22.5. The first-order valence-electron chi connectivity index (χ1n) is 13.5. The Morgan fingerprint density at radius 3 is 1.52 bits per heavy atom. The van der Waals surface area contributed by atoms with E-state index in [0.29, 0.717) is 5.92 Å². The normalized spacial score (nSPS) is 11.9. The summed E-state index contributed by atoms with van der Waals surface area (Å²) in [6, 6.07) is 10.6. The van der Waals surface area contributed by atoms with Crippen molar-refractivity contribution in [2.24, 2.45) is 0 Å². The third-order valence-corrected chi connectivity index (χ3v) is 10.0. The molecule has 0 heterocycles. The van der Waals surface area contributed by atoms with Gasteiger partial charge in [0.1, 0.15) is 5.75 Å². The summed E-state index contributed by atoms with van der Waals surface area (Å²) in [5.41, 5.74) is 1.36. The fourth-order valence-corrected chi connectivity index (χ4v) is 6.48. The molecule has 3 heteroatoms. The molecule has 1 rings (SSSR count). The van der Waals surface area contributed by atoms with Crippen LogP contribution in [0.25, 0.3) is 0 Å². The molecule has 0 aromatic heterocycles. The maximum Gasteiger partial charge on any atom is 0.398 e. The minimum Gasteiger partial charge on any atom is -0.520 e. The highest BCUT2D eigenvalue weighted by molar-refractivity contribution is 6.68. The van der Waals surface area contributed by atoms with E-state index in [1.165, 1.54) is 89.0 Å². The van der Waals surface area contributed by atoms with Crippen LogP contribution in [-0.4, -0.2) is 15.2 Å². The molecule has 0 atom stereocenters. The highest BCUT2D eigenvalue weighted by Gasteiger charge is 2.35. The molecule has 1 aromatic carbocycles. The lowest BCUT2D eigenvalue weighted by Gasteiger charge is -2.29. The summed E-state index contributed by atoms with van der Waals surface area (Å²) in [5.74, 6) is 1.53. The van der Waals surface area contributed by atoms with Crippen LogP contribution in [0.15, 0.2) is 24.3 Å². The van der Waals surface area contributed by atoms with E-state index in [0.717, 1.165) is 24.4 Å². The number of hydrogen-bond acceptors (Lipinski definition) is 2. The fraction of sp³-hybridized carbons (Fsp3) is 0.786. The van der Waals surface area contributed by atoms with Gasteiger partial charge in [-0.25, -0.2) is 0 Å². The van der Waals surface area contributed by atoms with Gasteiger partial charge in [0.05, 0.1) is 0 Å². The summed E-state index contributed by atoms with van der Waals surface area (Å²) in [6.45, 7) is 12.1. The van der Waals surface area contributed by atoms with E-state index in [1.54, 1.807) is 0 Å². The molecule has 180 valence electrons. The molecule has 0 bridgehead atoms. The zero-order valence-electron chi connectivity index (χ0n) is 21.5. The van der Waals surface area contributed by atoms with E-state index in [-0.39, 0.29) is 0 Å². The van der Waals surface area contributed by atoms with Crippen LogP contribution in [0.3, 0.4) is 0 Å². The molecule has 0 fully saturated rings. The lowest BCUT2D eigenvalue weighted by atomic mass is 10.0. The topological polar surface area (TPSA) is 18.5 Å². The Hall–Kier alpha value is -0.803. The highest BCUT2D eigenvalue weighted by Crippen LogP contribution is 2.25. The molecular weight excluding hydrogens is 396 g/mol. The fourth-order valence-electron chi connectivity index (χ4n) is 4.14. The minimum atomic E-state index is -2.13. The Labute approximate surface area is 195 Å². The molecule has 0 aliphatic rings. The van der Waals surface area contributed by atoms with Crippen LogP contribution in [0, 0.1) is 0 Å². The van der Waals surface area contributed by atoms with Crippen LogP contribution in [0.4, 0.5) is 0 Å². The molecule has 0 spiro atoms. The molecule has 0 N–H and O–H groups in total. The Balaban J connectivity index is 2.13. The first kappa shape index (κ1) is 28.2. The van der Waals surface area contributed by atoms with Gasteiger partial charge in [-0.15, -0.1) is 0 Å². The maximum absolute atomic E-state index is 6.47. The van der Waals surface area contributed by atoms with Crippen LogP contribution in [0.1, 0.15) is 130 Å². The van der Waals surface area contributed by atoms with Gasteiger partial charge in [0.25, 0.3) is 0 Å². The Kier molecular flexibility index (Phi) is 16.1. The summed E-state index contributed by atoms with van der Waals surface area (Å²) in [7, 11) is -2.13. The van der Waals surface area contributed by atoms with Crippen LogP contribution in [0.5, 0.6) is 5.75 Å². The average molecular weight is 449 g/mol. The van der Waals surface area contributed by atoms with Crippen molar-refractivity contribution < 1.29 is 8.85 Å². The van der Waals surface area contributed by atoms with Gasteiger partial charge in [-0.3, -0.25) is 0 Å². The summed E-state index contributed by atoms with van der Waals surface area (Å²) in [4.78, 5) is 0. The van der Waals surface area contributed by atoms with Gasteiger partial charge in [-0.1, -0.05) is 124 Å². The van der Waals surface area contributed by atoms with Gasteiger partial charge in [-0.05, 0) is 42.1 Å². The summed E-state index contributed by atoms with van der Waals surface area (Å²) in [6.07, 6.45) is 18.0. The predicted octanol–water partition coefficient (Wildman–Crippen LogP) is 9.78. The van der Waals surface area contributed by atoms with Gasteiger partial charge in [0, 0.05) is 6.61 Å². The molecule has 0 aliphatic carbocycles. The summed E-state index contributed by atoms with van der Waals surface area (Å²) in [5, 5.41) is 0. The van der Waals surface area contributed by atoms with E-state index in [2.05, 4.69) is 58.9 Å². The molecule has 0 radical (unpaired) electrons. The zero-order chi connectivity index (χ0) is 22.8. The van der Waals surface area contributed by atoms with Crippen molar-refractivity contribution in [1.29, 1.82) is 0 Å².